The number of esters is 1. The Kier molecular flexibility index (Phi) is 5.82. The van der Waals surface area contributed by atoms with E-state index in [-0.39, 0.29) is 16.7 Å². The highest BCUT2D eigenvalue weighted by molar-refractivity contribution is 6.00. The number of aromatic nitrogens is 2. The Morgan fingerprint density at radius 1 is 1.03 bits per heavy atom. The number of carbonyl (C=O) groups is 2. The Morgan fingerprint density at radius 3 is 2.62 bits per heavy atom. The molecular formula is C23H19F3N2O4. The monoisotopic (exact) mass is 444 g/mol. The summed E-state index contributed by atoms with van der Waals surface area (Å²) in [5.74, 6) is -0.916. The van der Waals surface area contributed by atoms with E-state index in [1.165, 1.54) is 24.3 Å². The summed E-state index contributed by atoms with van der Waals surface area (Å²) in [4.78, 5) is 41.9. The van der Waals surface area contributed by atoms with E-state index in [1.54, 1.807) is 4.57 Å². The highest BCUT2D eigenvalue weighted by Crippen LogP contribution is 2.29. The van der Waals surface area contributed by atoms with Gasteiger partial charge in [0.15, 0.2) is 12.4 Å². The first kappa shape index (κ1) is 21.7. The molecule has 0 unspecified atom stereocenters. The third-order valence-electron chi connectivity index (χ3n) is 5.40. The van der Waals surface area contributed by atoms with Crippen LogP contribution in [0.3, 0.4) is 0 Å². The number of fused-ring (bicyclic) bond motifs is 2. The summed E-state index contributed by atoms with van der Waals surface area (Å²) in [6.07, 6.45) is -1.06. The maximum absolute atomic E-state index is 12.8. The largest absolute Gasteiger partial charge is 0.454 e. The van der Waals surface area contributed by atoms with Crippen molar-refractivity contribution in [1.82, 2.24) is 9.55 Å². The van der Waals surface area contributed by atoms with Crippen LogP contribution < -0.4 is 5.56 Å². The average molecular weight is 444 g/mol. The molecule has 166 valence electrons. The number of hydrogen-bond donors (Lipinski definition) is 0. The van der Waals surface area contributed by atoms with E-state index >= 15 is 0 Å². The molecule has 1 aliphatic heterocycles. The van der Waals surface area contributed by atoms with Crippen LogP contribution in [-0.4, -0.2) is 27.9 Å². The highest BCUT2D eigenvalue weighted by atomic mass is 19.4. The molecule has 1 aliphatic rings. The Morgan fingerprint density at radius 2 is 1.84 bits per heavy atom. The number of hydrogen-bond acceptors (Lipinski definition) is 5. The number of alkyl halides is 3. The van der Waals surface area contributed by atoms with Crippen LogP contribution >= 0.6 is 0 Å². The summed E-state index contributed by atoms with van der Waals surface area (Å²) in [7, 11) is 0. The van der Waals surface area contributed by atoms with E-state index in [9.17, 15) is 27.6 Å². The van der Waals surface area contributed by atoms with Gasteiger partial charge in [0.2, 0.25) is 0 Å². The Labute approximate surface area is 180 Å². The van der Waals surface area contributed by atoms with Crippen molar-refractivity contribution >= 4 is 22.7 Å². The van der Waals surface area contributed by atoms with Gasteiger partial charge in [-0.05, 0) is 43.2 Å². The van der Waals surface area contributed by atoms with Crippen molar-refractivity contribution in [2.75, 3.05) is 6.61 Å². The molecule has 0 N–H and O–H groups in total. The summed E-state index contributed by atoms with van der Waals surface area (Å²) in [6, 6.07) is 8.25. The average Bonchev–Trinajstić information content (AvgIpc) is 3.02. The van der Waals surface area contributed by atoms with E-state index in [2.05, 4.69) is 4.98 Å². The topological polar surface area (TPSA) is 78.3 Å². The summed E-state index contributed by atoms with van der Waals surface area (Å²) in [5, 5.41) is 0.382. The Balaban J connectivity index is 1.52. The van der Waals surface area contributed by atoms with Crippen molar-refractivity contribution in [1.29, 1.82) is 0 Å². The minimum absolute atomic E-state index is 0.0971. The van der Waals surface area contributed by atoms with Crippen LogP contribution in [0.2, 0.25) is 0 Å². The molecule has 32 heavy (non-hydrogen) atoms. The standard InChI is InChI=1S/C23H19F3N2O4/c24-23(25,26)16-6-4-5-14(11-16)19(29)13-32-22(31)15-8-9-17-18(12-15)27-20-7-2-1-3-10-28(20)21(17)30/h4-6,8-9,11-12H,1-3,7,10,13H2. The van der Waals surface area contributed by atoms with E-state index < -0.39 is 30.1 Å². The molecule has 2 aromatic carbocycles. The summed E-state index contributed by atoms with van der Waals surface area (Å²) in [5.41, 5.74) is -0.864. The first-order valence-electron chi connectivity index (χ1n) is 10.1. The first-order chi connectivity index (χ1) is 15.2. The quantitative estimate of drug-likeness (QED) is 0.446. The summed E-state index contributed by atoms with van der Waals surface area (Å²) >= 11 is 0. The molecule has 6 nitrogen and oxygen atoms in total. The third-order valence-corrected chi connectivity index (χ3v) is 5.40. The second-order valence-electron chi connectivity index (χ2n) is 7.61. The van der Waals surface area contributed by atoms with Crippen LogP contribution in [0.5, 0.6) is 0 Å². The van der Waals surface area contributed by atoms with Gasteiger partial charge in [0.05, 0.1) is 22.0 Å². The number of aryl methyl sites for hydroxylation is 1. The van der Waals surface area contributed by atoms with Gasteiger partial charge in [-0.15, -0.1) is 0 Å². The van der Waals surface area contributed by atoms with Gasteiger partial charge in [-0.25, -0.2) is 9.78 Å². The molecular weight excluding hydrogens is 425 g/mol. The van der Waals surface area contributed by atoms with Gasteiger partial charge < -0.3 is 4.74 Å². The molecule has 0 atom stereocenters. The number of benzene rings is 2. The molecule has 0 saturated carbocycles. The molecule has 1 aromatic heterocycles. The van der Waals surface area contributed by atoms with Gasteiger partial charge in [0.25, 0.3) is 5.56 Å². The number of halogens is 3. The van der Waals surface area contributed by atoms with Crippen molar-refractivity contribution in [3.63, 3.8) is 0 Å². The maximum Gasteiger partial charge on any atom is 0.416 e. The number of rotatable bonds is 4. The molecule has 0 saturated heterocycles. The fraction of sp³-hybridized carbons (Fsp3) is 0.304. The second-order valence-corrected chi connectivity index (χ2v) is 7.61. The van der Waals surface area contributed by atoms with Gasteiger partial charge in [0, 0.05) is 18.5 Å². The van der Waals surface area contributed by atoms with Crippen LogP contribution in [0.1, 0.15) is 51.4 Å². The lowest BCUT2D eigenvalue weighted by Gasteiger charge is -2.11. The van der Waals surface area contributed by atoms with E-state index in [1.807, 2.05) is 0 Å². The number of ether oxygens (including phenoxy) is 1. The zero-order valence-corrected chi connectivity index (χ0v) is 16.9. The molecule has 0 fully saturated rings. The van der Waals surface area contributed by atoms with Crippen molar-refractivity contribution in [3.05, 3.63) is 75.3 Å². The molecule has 3 aromatic rings. The van der Waals surface area contributed by atoms with Gasteiger partial charge >= 0.3 is 12.1 Å². The van der Waals surface area contributed by atoms with Crippen molar-refractivity contribution in [2.24, 2.45) is 0 Å². The predicted octanol–water partition coefficient (Wildman–Crippen LogP) is 4.18. The fourth-order valence-electron chi connectivity index (χ4n) is 3.71. The summed E-state index contributed by atoms with van der Waals surface area (Å²) in [6.45, 7) is -0.100. The van der Waals surface area contributed by atoms with E-state index in [0.29, 0.717) is 29.7 Å². The zero-order chi connectivity index (χ0) is 22.9. The lowest BCUT2D eigenvalue weighted by atomic mass is 10.1. The fourth-order valence-corrected chi connectivity index (χ4v) is 3.71. The zero-order valence-electron chi connectivity index (χ0n) is 16.9. The molecule has 2 heterocycles. The molecule has 0 spiro atoms. The van der Waals surface area contributed by atoms with Gasteiger partial charge in [0.1, 0.15) is 5.82 Å². The van der Waals surface area contributed by atoms with E-state index in [4.69, 9.17) is 4.74 Å². The van der Waals surface area contributed by atoms with Crippen LogP contribution in [0.15, 0.2) is 47.3 Å². The van der Waals surface area contributed by atoms with Gasteiger partial charge in [-0.2, -0.15) is 13.2 Å². The Hall–Kier alpha value is -3.49. The molecule has 0 aliphatic carbocycles. The van der Waals surface area contributed by atoms with Crippen LogP contribution in [0.4, 0.5) is 13.2 Å². The van der Waals surface area contributed by atoms with Gasteiger partial charge in [-0.1, -0.05) is 18.6 Å². The number of carbonyl (C=O) groups excluding carboxylic acids is 2. The lowest BCUT2D eigenvalue weighted by molar-refractivity contribution is -0.137. The van der Waals surface area contributed by atoms with Crippen molar-refractivity contribution in [3.8, 4) is 0 Å². The van der Waals surface area contributed by atoms with Gasteiger partial charge in [-0.3, -0.25) is 14.2 Å². The van der Waals surface area contributed by atoms with Crippen LogP contribution in [0.25, 0.3) is 10.9 Å². The van der Waals surface area contributed by atoms with Crippen molar-refractivity contribution < 1.29 is 27.5 Å². The second kappa shape index (κ2) is 8.57. The number of ketones is 1. The first-order valence-corrected chi connectivity index (χ1v) is 10.1. The minimum atomic E-state index is -4.58. The molecule has 0 radical (unpaired) electrons. The maximum atomic E-state index is 12.8. The molecule has 9 heteroatoms. The number of Topliss-reactive ketones (excluding diaryl/α,β-unsaturated/α-hetero) is 1. The van der Waals surface area contributed by atoms with Crippen LogP contribution in [0, 0.1) is 0 Å². The normalized spacial score (nSPS) is 14.0. The SMILES string of the molecule is O=C(COC(=O)c1ccc2c(=O)n3c(nc2c1)CCCCC3)c1cccc(C(F)(F)F)c1. The predicted molar refractivity (Wildman–Crippen MR) is 110 cm³/mol. The summed E-state index contributed by atoms with van der Waals surface area (Å²) < 4.78 is 45.1. The Bertz CT molecular complexity index is 1260. The molecule has 4 rings (SSSR count). The number of nitrogens with zero attached hydrogens (tertiary/aromatic N) is 2. The lowest BCUT2D eigenvalue weighted by Crippen LogP contribution is -2.24. The third kappa shape index (κ3) is 4.42. The smallest absolute Gasteiger partial charge is 0.416 e. The highest BCUT2D eigenvalue weighted by Gasteiger charge is 2.31. The molecule has 0 amide bonds. The van der Waals surface area contributed by atoms with E-state index in [0.717, 1.165) is 37.5 Å². The minimum Gasteiger partial charge on any atom is -0.454 e. The molecule has 0 bridgehead atoms. The van der Waals surface area contributed by atoms with Crippen molar-refractivity contribution in [2.45, 2.75) is 38.4 Å². The van der Waals surface area contributed by atoms with Crippen LogP contribution in [-0.2, 0) is 23.9 Å².